The highest BCUT2D eigenvalue weighted by Gasteiger charge is 2.23. The van der Waals surface area contributed by atoms with Crippen molar-refractivity contribution in [2.75, 3.05) is 26.2 Å². The number of benzene rings is 1. The van der Waals surface area contributed by atoms with Gasteiger partial charge in [0.2, 0.25) is 5.91 Å². The first kappa shape index (κ1) is 17.1. The molecule has 22 heavy (non-hydrogen) atoms. The number of rotatable bonds is 4. The minimum Gasteiger partial charge on any atom is -0.396 e. The molecule has 2 amide bonds. The highest BCUT2D eigenvalue weighted by atomic mass is 35.5. The van der Waals surface area contributed by atoms with Crippen molar-refractivity contribution in [2.45, 2.75) is 12.8 Å². The lowest BCUT2D eigenvalue weighted by Gasteiger charge is -2.31. The van der Waals surface area contributed by atoms with Crippen molar-refractivity contribution in [2.24, 2.45) is 5.92 Å². The van der Waals surface area contributed by atoms with E-state index in [1.807, 2.05) is 0 Å². The van der Waals surface area contributed by atoms with E-state index in [1.165, 1.54) is 12.1 Å². The van der Waals surface area contributed by atoms with Gasteiger partial charge < -0.3 is 15.3 Å². The number of amides is 2. The van der Waals surface area contributed by atoms with Crippen molar-refractivity contribution in [3.05, 3.63) is 33.8 Å². The fourth-order valence-electron chi connectivity index (χ4n) is 2.48. The summed E-state index contributed by atoms with van der Waals surface area (Å²) in [7, 11) is 0. The number of piperidine rings is 1. The van der Waals surface area contributed by atoms with Gasteiger partial charge in [-0.1, -0.05) is 23.2 Å². The average molecular weight is 345 g/mol. The molecule has 1 saturated heterocycles. The van der Waals surface area contributed by atoms with Gasteiger partial charge in [0.1, 0.15) is 0 Å². The molecule has 2 rings (SSSR count). The molecular formula is C15H18Cl2N2O3. The van der Waals surface area contributed by atoms with Crippen molar-refractivity contribution >= 4 is 35.0 Å². The number of likely N-dealkylation sites (tertiary alicyclic amines) is 1. The molecule has 5 nitrogen and oxygen atoms in total. The molecule has 1 aliphatic heterocycles. The van der Waals surface area contributed by atoms with Crippen LogP contribution in [0.4, 0.5) is 0 Å². The second-order valence-electron chi connectivity index (χ2n) is 5.34. The molecule has 1 unspecified atom stereocenters. The van der Waals surface area contributed by atoms with E-state index in [2.05, 4.69) is 5.32 Å². The van der Waals surface area contributed by atoms with Crippen molar-refractivity contribution in [3.8, 4) is 0 Å². The average Bonchev–Trinajstić information content (AvgIpc) is 2.52. The SMILES string of the molecule is O=C(NCC(=O)N1CCCC(CO)C1)c1ccc(Cl)cc1Cl. The van der Waals surface area contributed by atoms with Crippen molar-refractivity contribution in [1.82, 2.24) is 10.2 Å². The summed E-state index contributed by atoms with van der Waals surface area (Å²) in [6.45, 7) is 1.19. The molecule has 120 valence electrons. The molecule has 1 aliphatic rings. The summed E-state index contributed by atoms with van der Waals surface area (Å²) in [6.07, 6.45) is 1.79. The highest BCUT2D eigenvalue weighted by molar-refractivity contribution is 6.36. The number of carbonyl (C=O) groups excluding carboxylic acids is 2. The first-order valence-corrected chi connectivity index (χ1v) is 7.88. The Morgan fingerprint density at radius 1 is 1.36 bits per heavy atom. The molecule has 1 atom stereocenters. The Kier molecular flexibility index (Phi) is 6.06. The summed E-state index contributed by atoms with van der Waals surface area (Å²) in [5.41, 5.74) is 0.283. The quantitative estimate of drug-likeness (QED) is 0.876. The molecule has 1 aromatic rings. The van der Waals surface area contributed by atoms with Gasteiger partial charge in [-0.05, 0) is 37.0 Å². The summed E-state index contributed by atoms with van der Waals surface area (Å²) >= 11 is 11.7. The smallest absolute Gasteiger partial charge is 0.253 e. The van der Waals surface area contributed by atoms with Crippen LogP contribution in [0.15, 0.2) is 18.2 Å². The number of aliphatic hydroxyl groups is 1. The minimum atomic E-state index is -0.411. The summed E-state index contributed by atoms with van der Waals surface area (Å²) in [5, 5.41) is 12.4. The molecule has 0 spiro atoms. The van der Waals surface area contributed by atoms with Crippen LogP contribution in [0, 0.1) is 5.92 Å². The first-order valence-electron chi connectivity index (χ1n) is 7.13. The Balaban J connectivity index is 1.89. The van der Waals surface area contributed by atoms with E-state index in [4.69, 9.17) is 23.2 Å². The zero-order chi connectivity index (χ0) is 16.1. The molecule has 1 heterocycles. The van der Waals surface area contributed by atoms with Gasteiger partial charge in [-0.2, -0.15) is 0 Å². The van der Waals surface area contributed by atoms with E-state index in [1.54, 1.807) is 11.0 Å². The van der Waals surface area contributed by atoms with Crippen LogP contribution in [0.5, 0.6) is 0 Å². The van der Waals surface area contributed by atoms with Crippen LogP contribution < -0.4 is 5.32 Å². The van der Waals surface area contributed by atoms with Crippen LogP contribution in [0.1, 0.15) is 23.2 Å². The molecule has 0 bridgehead atoms. The molecule has 1 aromatic carbocycles. The molecule has 1 fully saturated rings. The van der Waals surface area contributed by atoms with E-state index in [0.717, 1.165) is 12.8 Å². The second-order valence-corrected chi connectivity index (χ2v) is 6.18. The van der Waals surface area contributed by atoms with E-state index < -0.39 is 5.91 Å². The maximum atomic E-state index is 12.1. The van der Waals surface area contributed by atoms with Crippen molar-refractivity contribution in [1.29, 1.82) is 0 Å². The lowest BCUT2D eigenvalue weighted by molar-refractivity contribution is -0.132. The van der Waals surface area contributed by atoms with Crippen LogP contribution >= 0.6 is 23.2 Å². The zero-order valence-corrected chi connectivity index (χ0v) is 13.5. The van der Waals surface area contributed by atoms with E-state index in [9.17, 15) is 14.7 Å². The minimum absolute atomic E-state index is 0.0799. The van der Waals surface area contributed by atoms with Crippen molar-refractivity contribution in [3.63, 3.8) is 0 Å². The van der Waals surface area contributed by atoms with Crippen LogP contribution in [-0.2, 0) is 4.79 Å². The van der Waals surface area contributed by atoms with Crippen molar-refractivity contribution < 1.29 is 14.7 Å². The predicted molar refractivity (Wildman–Crippen MR) is 85.2 cm³/mol. The van der Waals surface area contributed by atoms with Gasteiger partial charge in [-0.15, -0.1) is 0 Å². The fraction of sp³-hybridized carbons (Fsp3) is 0.467. The largest absolute Gasteiger partial charge is 0.396 e. The summed E-state index contributed by atoms with van der Waals surface area (Å²) in [5.74, 6) is -0.443. The number of nitrogens with zero attached hydrogens (tertiary/aromatic N) is 1. The van der Waals surface area contributed by atoms with Gasteiger partial charge in [-0.25, -0.2) is 0 Å². The van der Waals surface area contributed by atoms with Crippen LogP contribution in [0.3, 0.4) is 0 Å². The third-order valence-corrected chi connectivity index (χ3v) is 4.25. The highest BCUT2D eigenvalue weighted by Crippen LogP contribution is 2.21. The maximum Gasteiger partial charge on any atom is 0.253 e. The van der Waals surface area contributed by atoms with Gasteiger partial charge in [0.15, 0.2) is 0 Å². The standard InChI is InChI=1S/C15H18Cl2N2O3/c16-11-3-4-12(13(17)6-11)15(22)18-7-14(21)19-5-1-2-10(8-19)9-20/h3-4,6,10,20H,1-2,5,7-9H2,(H,18,22). The number of halogens is 2. The van der Waals surface area contributed by atoms with Gasteiger partial charge >= 0.3 is 0 Å². The lowest BCUT2D eigenvalue weighted by atomic mass is 9.99. The fourth-order valence-corrected chi connectivity index (χ4v) is 2.97. The summed E-state index contributed by atoms with van der Waals surface area (Å²) in [4.78, 5) is 25.8. The Bertz CT molecular complexity index is 566. The molecule has 0 radical (unpaired) electrons. The Morgan fingerprint density at radius 3 is 2.82 bits per heavy atom. The topological polar surface area (TPSA) is 69.6 Å². The molecule has 0 aliphatic carbocycles. The van der Waals surface area contributed by atoms with E-state index in [-0.39, 0.29) is 35.6 Å². The summed E-state index contributed by atoms with van der Waals surface area (Å²) < 4.78 is 0. The monoisotopic (exact) mass is 344 g/mol. The summed E-state index contributed by atoms with van der Waals surface area (Å²) in [6, 6.07) is 4.57. The number of hydrogen-bond donors (Lipinski definition) is 2. The third-order valence-electron chi connectivity index (χ3n) is 3.71. The van der Waals surface area contributed by atoms with Crippen LogP contribution in [0.2, 0.25) is 10.0 Å². The van der Waals surface area contributed by atoms with Crippen LogP contribution in [-0.4, -0.2) is 48.1 Å². The molecule has 2 N–H and O–H groups in total. The predicted octanol–water partition coefficient (Wildman–Crippen LogP) is 1.95. The number of hydrogen-bond acceptors (Lipinski definition) is 3. The molecule has 0 aromatic heterocycles. The third kappa shape index (κ3) is 4.35. The van der Waals surface area contributed by atoms with E-state index >= 15 is 0 Å². The normalized spacial score (nSPS) is 18.1. The Morgan fingerprint density at radius 2 is 2.14 bits per heavy atom. The van der Waals surface area contributed by atoms with Gasteiger partial charge in [0, 0.05) is 24.7 Å². The van der Waals surface area contributed by atoms with Gasteiger partial charge in [0.25, 0.3) is 5.91 Å². The zero-order valence-electron chi connectivity index (χ0n) is 12.0. The number of aliphatic hydroxyl groups excluding tert-OH is 1. The Labute approximate surface area is 139 Å². The first-order chi connectivity index (χ1) is 10.5. The molecule has 7 heteroatoms. The Hall–Kier alpha value is -1.30. The molecular weight excluding hydrogens is 327 g/mol. The second kappa shape index (κ2) is 7.81. The van der Waals surface area contributed by atoms with Gasteiger partial charge in [0.05, 0.1) is 17.1 Å². The van der Waals surface area contributed by atoms with Crippen LogP contribution in [0.25, 0.3) is 0 Å². The number of nitrogens with one attached hydrogen (secondary N) is 1. The lowest BCUT2D eigenvalue weighted by Crippen LogP contribution is -2.45. The van der Waals surface area contributed by atoms with E-state index in [0.29, 0.717) is 18.1 Å². The maximum absolute atomic E-state index is 12.1. The number of carbonyl (C=O) groups is 2. The molecule has 0 saturated carbocycles. The van der Waals surface area contributed by atoms with Gasteiger partial charge in [-0.3, -0.25) is 9.59 Å².